The number of piperidine rings is 1. The second kappa shape index (κ2) is 7.54. The van der Waals surface area contributed by atoms with Crippen molar-refractivity contribution in [3.63, 3.8) is 0 Å². The van der Waals surface area contributed by atoms with Crippen molar-refractivity contribution in [1.82, 2.24) is 4.31 Å². The van der Waals surface area contributed by atoms with Gasteiger partial charge in [0.15, 0.2) is 0 Å². The fourth-order valence-electron chi connectivity index (χ4n) is 3.20. The molecule has 2 aromatic carbocycles. The molecule has 25 heavy (non-hydrogen) atoms. The first-order valence-corrected chi connectivity index (χ1v) is 10.2. The Hall–Kier alpha value is -1.27. The lowest BCUT2D eigenvalue weighted by molar-refractivity contribution is 0.313. The normalized spacial score (nSPS) is 16.8. The van der Waals surface area contributed by atoms with Gasteiger partial charge < -0.3 is 4.74 Å². The largest absolute Gasteiger partial charge is 0.496 e. The minimum atomic E-state index is -3.56. The van der Waals surface area contributed by atoms with Gasteiger partial charge in [-0.2, -0.15) is 4.31 Å². The third kappa shape index (κ3) is 3.80. The molecule has 0 spiro atoms. The summed E-state index contributed by atoms with van der Waals surface area (Å²) in [5, 5.41) is 0.585. The highest BCUT2D eigenvalue weighted by Crippen LogP contribution is 2.36. The molecule has 7 heteroatoms. The van der Waals surface area contributed by atoms with Gasteiger partial charge in [0.05, 0.1) is 22.1 Å². The number of hydrogen-bond acceptors (Lipinski definition) is 3. The summed E-state index contributed by atoms with van der Waals surface area (Å²) in [6.07, 6.45) is 1.50. The Labute approximate surface area is 158 Å². The van der Waals surface area contributed by atoms with Gasteiger partial charge >= 0.3 is 0 Å². The third-order valence-electron chi connectivity index (χ3n) is 4.56. The summed E-state index contributed by atoms with van der Waals surface area (Å²) in [7, 11) is -1.91. The summed E-state index contributed by atoms with van der Waals surface area (Å²) in [5.74, 6) is 1.14. The fraction of sp³-hybridized carbons (Fsp3) is 0.333. The van der Waals surface area contributed by atoms with Crippen molar-refractivity contribution in [2.75, 3.05) is 20.2 Å². The molecule has 1 saturated heterocycles. The van der Waals surface area contributed by atoms with Crippen LogP contribution in [0.5, 0.6) is 5.75 Å². The molecule has 1 fully saturated rings. The molecular weight excluding hydrogens is 381 g/mol. The van der Waals surface area contributed by atoms with Crippen molar-refractivity contribution in [2.24, 2.45) is 0 Å². The van der Waals surface area contributed by atoms with Gasteiger partial charge in [-0.3, -0.25) is 0 Å². The summed E-state index contributed by atoms with van der Waals surface area (Å²) < 4.78 is 32.6. The zero-order valence-corrected chi connectivity index (χ0v) is 16.1. The van der Waals surface area contributed by atoms with Gasteiger partial charge in [0, 0.05) is 13.1 Å². The average molecular weight is 400 g/mol. The van der Waals surface area contributed by atoms with E-state index in [0.29, 0.717) is 18.1 Å². The van der Waals surface area contributed by atoms with Gasteiger partial charge in [0.2, 0.25) is 10.0 Å². The molecule has 0 N–H and O–H groups in total. The van der Waals surface area contributed by atoms with Crippen molar-refractivity contribution in [3.05, 3.63) is 58.1 Å². The molecule has 0 bridgehead atoms. The van der Waals surface area contributed by atoms with Crippen molar-refractivity contribution in [3.8, 4) is 5.75 Å². The summed E-state index contributed by atoms with van der Waals surface area (Å²) in [6, 6.07) is 12.3. The Kier molecular flexibility index (Phi) is 5.58. The van der Waals surface area contributed by atoms with Crippen LogP contribution in [0.3, 0.4) is 0 Å². The molecule has 0 unspecified atom stereocenters. The molecule has 1 heterocycles. The van der Waals surface area contributed by atoms with Crippen LogP contribution in [-0.4, -0.2) is 32.9 Å². The Morgan fingerprint density at radius 2 is 1.72 bits per heavy atom. The van der Waals surface area contributed by atoms with Crippen LogP contribution in [0.1, 0.15) is 24.3 Å². The SMILES string of the molecule is COc1ccccc1C1CCN(S(=O)(=O)c2ccc(Cl)c(Cl)c2)CC1. The van der Waals surface area contributed by atoms with E-state index >= 15 is 0 Å². The molecule has 3 rings (SSSR count). The predicted molar refractivity (Wildman–Crippen MR) is 100 cm³/mol. The van der Waals surface area contributed by atoms with E-state index in [2.05, 4.69) is 0 Å². The zero-order chi connectivity index (χ0) is 18.0. The molecule has 1 aliphatic rings. The van der Waals surface area contributed by atoms with E-state index in [4.69, 9.17) is 27.9 Å². The predicted octanol–water partition coefficient (Wildman–Crippen LogP) is 4.57. The summed E-state index contributed by atoms with van der Waals surface area (Å²) in [6.45, 7) is 0.927. The lowest BCUT2D eigenvalue weighted by atomic mass is 9.89. The summed E-state index contributed by atoms with van der Waals surface area (Å²) in [5.41, 5.74) is 1.14. The van der Waals surface area contributed by atoms with E-state index in [0.717, 1.165) is 24.2 Å². The molecule has 134 valence electrons. The number of nitrogens with zero attached hydrogens (tertiary/aromatic N) is 1. The average Bonchev–Trinajstić information content (AvgIpc) is 2.64. The minimum Gasteiger partial charge on any atom is -0.496 e. The molecule has 0 aliphatic carbocycles. The Bertz CT molecular complexity index is 862. The Morgan fingerprint density at radius 3 is 2.36 bits per heavy atom. The number of sulfonamides is 1. The van der Waals surface area contributed by atoms with Crippen LogP contribution >= 0.6 is 23.2 Å². The highest BCUT2D eigenvalue weighted by atomic mass is 35.5. The molecule has 0 amide bonds. The summed E-state index contributed by atoms with van der Waals surface area (Å²) in [4.78, 5) is 0.178. The Morgan fingerprint density at radius 1 is 1.04 bits per heavy atom. The van der Waals surface area contributed by atoms with Crippen LogP contribution in [0, 0.1) is 0 Å². The highest BCUT2D eigenvalue weighted by molar-refractivity contribution is 7.89. The van der Waals surface area contributed by atoms with Gasteiger partial charge in [-0.05, 0) is 48.6 Å². The topological polar surface area (TPSA) is 46.6 Å². The van der Waals surface area contributed by atoms with Gasteiger partial charge in [-0.1, -0.05) is 41.4 Å². The van der Waals surface area contributed by atoms with Crippen LogP contribution < -0.4 is 4.74 Å². The van der Waals surface area contributed by atoms with Crippen LogP contribution in [-0.2, 0) is 10.0 Å². The number of para-hydroxylation sites is 1. The fourth-order valence-corrected chi connectivity index (χ4v) is 5.06. The first-order valence-electron chi connectivity index (χ1n) is 8.01. The van der Waals surface area contributed by atoms with Crippen molar-refractivity contribution < 1.29 is 13.2 Å². The van der Waals surface area contributed by atoms with Crippen molar-refractivity contribution in [1.29, 1.82) is 0 Å². The maximum absolute atomic E-state index is 12.8. The molecule has 0 saturated carbocycles. The lowest BCUT2D eigenvalue weighted by Crippen LogP contribution is -2.37. The van der Waals surface area contributed by atoms with E-state index in [1.807, 2.05) is 24.3 Å². The van der Waals surface area contributed by atoms with Crippen LogP contribution in [0.25, 0.3) is 0 Å². The number of benzene rings is 2. The molecule has 4 nitrogen and oxygen atoms in total. The molecule has 2 aromatic rings. The van der Waals surface area contributed by atoms with Crippen molar-refractivity contribution >= 4 is 33.2 Å². The van der Waals surface area contributed by atoms with Crippen LogP contribution in [0.15, 0.2) is 47.4 Å². The van der Waals surface area contributed by atoms with Gasteiger partial charge in [-0.15, -0.1) is 0 Å². The van der Waals surface area contributed by atoms with Crippen LogP contribution in [0.4, 0.5) is 0 Å². The number of halogens is 2. The molecule has 0 radical (unpaired) electrons. The second-order valence-corrected chi connectivity index (χ2v) is 8.75. The maximum atomic E-state index is 12.8. The number of ether oxygens (including phenoxy) is 1. The van der Waals surface area contributed by atoms with Crippen molar-refractivity contribution in [2.45, 2.75) is 23.7 Å². The quantitative estimate of drug-likeness (QED) is 0.756. The minimum absolute atomic E-state index is 0.178. The van der Waals surface area contributed by atoms with Gasteiger partial charge in [0.1, 0.15) is 5.75 Å². The van der Waals surface area contributed by atoms with E-state index < -0.39 is 10.0 Å². The molecule has 0 aromatic heterocycles. The maximum Gasteiger partial charge on any atom is 0.243 e. The van der Waals surface area contributed by atoms with E-state index in [-0.39, 0.29) is 15.8 Å². The van der Waals surface area contributed by atoms with Gasteiger partial charge in [0.25, 0.3) is 0 Å². The van der Waals surface area contributed by atoms with E-state index in [1.54, 1.807) is 7.11 Å². The first-order chi connectivity index (χ1) is 11.9. The molecular formula is C18H19Cl2NO3S. The van der Waals surface area contributed by atoms with E-state index in [9.17, 15) is 8.42 Å². The number of hydrogen-bond donors (Lipinski definition) is 0. The first kappa shape index (κ1) is 18.5. The lowest BCUT2D eigenvalue weighted by Gasteiger charge is -2.32. The monoisotopic (exact) mass is 399 g/mol. The second-order valence-electron chi connectivity index (χ2n) is 6.00. The van der Waals surface area contributed by atoms with Gasteiger partial charge in [-0.25, -0.2) is 8.42 Å². The summed E-state index contributed by atoms with van der Waals surface area (Å²) >= 11 is 11.8. The smallest absolute Gasteiger partial charge is 0.243 e. The Balaban J connectivity index is 1.76. The highest BCUT2D eigenvalue weighted by Gasteiger charge is 2.31. The molecule has 0 atom stereocenters. The number of methoxy groups -OCH3 is 1. The molecule has 1 aliphatic heterocycles. The number of rotatable bonds is 4. The van der Waals surface area contributed by atoms with E-state index in [1.165, 1.54) is 22.5 Å². The standard InChI is InChI=1S/C18H19Cl2NO3S/c1-24-18-5-3-2-4-15(18)13-8-10-21(11-9-13)25(22,23)14-6-7-16(19)17(20)12-14/h2-7,12-13H,8-11H2,1H3. The zero-order valence-electron chi connectivity index (χ0n) is 13.8. The third-order valence-corrected chi connectivity index (χ3v) is 7.20. The van der Waals surface area contributed by atoms with Crippen LogP contribution in [0.2, 0.25) is 10.0 Å².